The molecule has 0 spiro atoms. The summed E-state index contributed by atoms with van der Waals surface area (Å²) in [6, 6.07) is 4.37. The molecule has 116 valence electrons. The van der Waals surface area contributed by atoms with Crippen molar-refractivity contribution in [2.24, 2.45) is 0 Å². The van der Waals surface area contributed by atoms with E-state index < -0.39 is 0 Å². The van der Waals surface area contributed by atoms with Crippen LogP contribution in [0, 0.1) is 0 Å². The summed E-state index contributed by atoms with van der Waals surface area (Å²) in [6.07, 6.45) is 7.01. The number of unbranched alkanes of at least 4 members (excludes halogenated alkanes) is 1. The van der Waals surface area contributed by atoms with Gasteiger partial charge in [-0.15, -0.1) is 0 Å². The molecular formula is C16H26N4O. The van der Waals surface area contributed by atoms with Gasteiger partial charge in [0.1, 0.15) is 0 Å². The van der Waals surface area contributed by atoms with Crippen molar-refractivity contribution in [1.29, 1.82) is 0 Å². The fraction of sp³-hybridized carbons (Fsp3) is 0.625. The smallest absolute Gasteiger partial charge is 0.317 e. The predicted octanol–water partition coefficient (Wildman–Crippen LogP) is 2.49. The first-order valence-corrected chi connectivity index (χ1v) is 7.91. The molecule has 1 atom stereocenters. The summed E-state index contributed by atoms with van der Waals surface area (Å²) < 4.78 is 0. The number of carbonyl (C=O) groups is 1. The van der Waals surface area contributed by atoms with E-state index in [2.05, 4.69) is 29.0 Å². The number of hydrogen-bond donors (Lipinski definition) is 1. The van der Waals surface area contributed by atoms with Gasteiger partial charge in [-0.25, -0.2) is 4.79 Å². The number of rotatable bonds is 5. The van der Waals surface area contributed by atoms with Gasteiger partial charge in [0.15, 0.2) is 0 Å². The first-order chi connectivity index (χ1) is 10.2. The van der Waals surface area contributed by atoms with E-state index in [-0.39, 0.29) is 12.1 Å². The number of urea groups is 1. The van der Waals surface area contributed by atoms with E-state index in [0.29, 0.717) is 0 Å². The topological polar surface area (TPSA) is 48.5 Å². The van der Waals surface area contributed by atoms with Crippen molar-refractivity contribution in [1.82, 2.24) is 15.2 Å². The molecule has 21 heavy (non-hydrogen) atoms. The predicted molar refractivity (Wildman–Crippen MR) is 85.5 cm³/mol. The monoisotopic (exact) mass is 290 g/mol. The lowest BCUT2D eigenvalue weighted by atomic mass is 10.1. The molecule has 1 N–H and O–H groups in total. The van der Waals surface area contributed by atoms with Gasteiger partial charge < -0.3 is 15.1 Å². The minimum Gasteiger partial charge on any atom is -0.368 e. The molecule has 0 saturated carbocycles. The molecule has 2 heterocycles. The van der Waals surface area contributed by atoms with Crippen molar-refractivity contribution < 1.29 is 4.79 Å². The fourth-order valence-corrected chi connectivity index (χ4v) is 2.61. The number of aromatic nitrogens is 1. The first-order valence-electron chi connectivity index (χ1n) is 7.91. The standard InChI is InChI=1S/C16H26N4O/c1-3-4-5-14(2)18-16(21)20-12-10-19(11-13-20)15-6-8-17-9-7-15/h6-9,14H,3-5,10-13H2,1-2H3,(H,18,21)/t14-/m1/s1. The summed E-state index contributed by atoms with van der Waals surface area (Å²) in [5, 5.41) is 3.10. The average molecular weight is 290 g/mol. The Bertz CT molecular complexity index is 429. The van der Waals surface area contributed by atoms with E-state index in [4.69, 9.17) is 0 Å². The zero-order valence-electron chi connectivity index (χ0n) is 13.1. The molecule has 1 aliphatic rings. The molecule has 2 amide bonds. The second-order valence-corrected chi connectivity index (χ2v) is 5.67. The number of anilines is 1. The van der Waals surface area contributed by atoms with Crippen LogP contribution in [0.2, 0.25) is 0 Å². The molecule has 1 saturated heterocycles. The zero-order valence-corrected chi connectivity index (χ0v) is 13.1. The Morgan fingerprint density at radius 1 is 1.29 bits per heavy atom. The lowest BCUT2D eigenvalue weighted by molar-refractivity contribution is 0.190. The highest BCUT2D eigenvalue weighted by molar-refractivity contribution is 5.74. The molecule has 1 aliphatic heterocycles. The number of nitrogens with one attached hydrogen (secondary N) is 1. The quantitative estimate of drug-likeness (QED) is 0.906. The average Bonchev–Trinajstić information content (AvgIpc) is 2.54. The van der Waals surface area contributed by atoms with E-state index in [1.165, 1.54) is 12.1 Å². The first kappa shape index (κ1) is 15.6. The number of pyridine rings is 1. The van der Waals surface area contributed by atoms with Crippen LogP contribution in [0.5, 0.6) is 0 Å². The number of carbonyl (C=O) groups excluding carboxylic acids is 1. The molecule has 1 aromatic heterocycles. The second-order valence-electron chi connectivity index (χ2n) is 5.67. The Kier molecular flexibility index (Phi) is 5.84. The van der Waals surface area contributed by atoms with Crippen molar-refractivity contribution in [2.75, 3.05) is 31.1 Å². The summed E-state index contributed by atoms with van der Waals surface area (Å²) in [7, 11) is 0. The fourth-order valence-electron chi connectivity index (χ4n) is 2.61. The molecule has 0 radical (unpaired) electrons. The largest absolute Gasteiger partial charge is 0.368 e. The van der Waals surface area contributed by atoms with Crippen LogP contribution in [0.1, 0.15) is 33.1 Å². The van der Waals surface area contributed by atoms with Gasteiger partial charge >= 0.3 is 6.03 Å². The lowest BCUT2D eigenvalue weighted by Gasteiger charge is -2.36. The van der Waals surface area contributed by atoms with Gasteiger partial charge in [0.25, 0.3) is 0 Å². The van der Waals surface area contributed by atoms with E-state index in [1.807, 2.05) is 29.4 Å². The molecule has 5 heteroatoms. The van der Waals surface area contributed by atoms with Crippen molar-refractivity contribution in [3.05, 3.63) is 24.5 Å². The maximum atomic E-state index is 12.2. The van der Waals surface area contributed by atoms with Gasteiger partial charge in [0.05, 0.1) is 0 Å². The zero-order chi connectivity index (χ0) is 15.1. The van der Waals surface area contributed by atoms with Gasteiger partial charge in [-0.05, 0) is 25.5 Å². The van der Waals surface area contributed by atoms with Crippen LogP contribution in [0.25, 0.3) is 0 Å². The number of hydrogen-bond acceptors (Lipinski definition) is 3. The molecule has 2 rings (SSSR count). The number of amides is 2. The molecule has 0 aromatic carbocycles. The molecular weight excluding hydrogens is 264 g/mol. The Labute approximate surface area is 127 Å². The van der Waals surface area contributed by atoms with Crippen molar-refractivity contribution >= 4 is 11.7 Å². The maximum absolute atomic E-state index is 12.2. The third-order valence-corrected chi connectivity index (χ3v) is 3.96. The number of piperazine rings is 1. The number of nitrogens with zero attached hydrogens (tertiary/aromatic N) is 3. The van der Waals surface area contributed by atoms with Crippen LogP contribution in [0.3, 0.4) is 0 Å². The summed E-state index contributed by atoms with van der Waals surface area (Å²) in [5.74, 6) is 0. The highest BCUT2D eigenvalue weighted by atomic mass is 16.2. The summed E-state index contributed by atoms with van der Waals surface area (Å²) in [5.41, 5.74) is 1.18. The molecule has 0 unspecified atom stereocenters. The highest BCUT2D eigenvalue weighted by Gasteiger charge is 2.21. The van der Waals surface area contributed by atoms with Crippen LogP contribution >= 0.6 is 0 Å². The minimum atomic E-state index is 0.0768. The highest BCUT2D eigenvalue weighted by Crippen LogP contribution is 2.14. The Morgan fingerprint density at radius 2 is 1.95 bits per heavy atom. The molecule has 5 nitrogen and oxygen atoms in total. The third kappa shape index (κ3) is 4.62. The van der Waals surface area contributed by atoms with Crippen LogP contribution in [-0.4, -0.2) is 48.1 Å². The summed E-state index contributed by atoms with van der Waals surface area (Å²) >= 11 is 0. The molecule has 0 bridgehead atoms. The summed E-state index contributed by atoms with van der Waals surface area (Å²) in [6.45, 7) is 7.55. The third-order valence-electron chi connectivity index (χ3n) is 3.96. The van der Waals surface area contributed by atoms with Gasteiger partial charge in [0, 0.05) is 50.3 Å². The van der Waals surface area contributed by atoms with Gasteiger partial charge in [-0.1, -0.05) is 19.8 Å². The van der Waals surface area contributed by atoms with Crippen molar-refractivity contribution in [3.63, 3.8) is 0 Å². The maximum Gasteiger partial charge on any atom is 0.317 e. The SMILES string of the molecule is CCCC[C@@H](C)NC(=O)N1CCN(c2ccncc2)CC1. The summed E-state index contributed by atoms with van der Waals surface area (Å²) in [4.78, 5) is 20.5. The van der Waals surface area contributed by atoms with E-state index in [9.17, 15) is 4.79 Å². The van der Waals surface area contributed by atoms with Crippen molar-refractivity contribution in [2.45, 2.75) is 39.2 Å². The molecule has 1 fully saturated rings. The Balaban J connectivity index is 1.77. The van der Waals surface area contributed by atoms with Crippen LogP contribution in [0.15, 0.2) is 24.5 Å². The van der Waals surface area contributed by atoms with E-state index in [0.717, 1.165) is 39.0 Å². The van der Waals surface area contributed by atoms with Crippen molar-refractivity contribution in [3.8, 4) is 0 Å². The van der Waals surface area contributed by atoms with Crippen LogP contribution in [0.4, 0.5) is 10.5 Å². The van der Waals surface area contributed by atoms with E-state index in [1.54, 1.807) is 0 Å². The second kappa shape index (κ2) is 7.86. The molecule has 1 aromatic rings. The normalized spacial score (nSPS) is 16.7. The Hall–Kier alpha value is -1.78. The Morgan fingerprint density at radius 3 is 2.57 bits per heavy atom. The van der Waals surface area contributed by atoms with Crippen LogP contribution in [-0.2, 0) is 0 Å². The molecule has 0 aliphatic carbocycles. The minimum absolute atomic E-state index is 0.0768. The van der Waals surface area contributed by atoms with Gasteiger partial charge in [-0.3, -0.25) is 4.98 Å². The van der Waals surface area contributed by atoms with Gasteiger partial charge in [-0.2, -0.15) is 0 Å². The van der Waals surface area contributed by atoms with Crippen LogP contribution < -0.4 is 10.2 Å². The van der Waals surface area contributed by atoms with E-state index >= 15 is 0 Å². The van der Waals surface area contributed by atoms with Gasteiger partial charge in [0.2, 0.25) is 0 Å². The lowest BCUT2D eigenvalue weighted by Crippen LogP contribution is -2.53.